The summed E-state index contributed by atoms with van der Waals surface area (Å²) in [5.74, 6) is 0.951. The molecule has 150 valence electrons. The predicted molar refractivity (Wildman–Crippen MR) is 115 cm³/mol. The van der Waals surface area contributed by atoms with E-state index in [9.17, 15) is 13.2 Å². The van der Waals surface area contributed by atoms with Crippen LogP contribution in [0.15, 0.2) is 47.4 Å². The Hall–Kier alpha value is -1.83. The minimum absolute atomic E-state index is 0.133. The van der Waals surface area contributed by atoms with Gasteiger partial charge >= 0.3 is 0 Å². The molecule has 0 aliphatic carbocycles. The van der Waals surface area contributed by atoms with Crippen LogP contribution in [0.4, 0.5) is 5.69 Å². The molecule has 1 N–H and O–H groups in total. The van der Waals surface area contributed by atoms with Crippen LogP contribution < -0.4 is 5.32 Å². The Morgan fingerprint density at radius 2 is 1.86 bits per heavy atom. The summed E-state index contributed by atoms with van der Waals surface area (Å²) in [6.45, 7) is 5.26. The maximum atomic E-state index is 12.7. The van der Waals surface area contributed by atoms with Gasteiger partial charge in [0.2, 0.25) is 15.9 Å². The van der Waals surface area contributed by atoms with Crippen LogP contribution in [0.5, 0.6) is 0 Å². The first-order chi connectivity index (χ1) is 13.4. The molecule has 0 bridgehead atoms. The third-order valence-corrected chi connectivity index (χ3v) is 7.69. The lowest BCUT2D eigenvalue weighted by Crippen LogP contribution is -2.28. The molecule has 0 atom stereocenters. The lowest BCUT2D eigenvalue weighted by Gasteiger charge is -2.16. The number of aryl methyl sites for hydroxylation is 2. The van der Waals surface area contributed by atoms with Gasteiger partial charge in [-0.05, 0) is 56.0 Å². The molecule has 0 spiro atoms. The molecule has 1 aliphatic heterocycles. The molecular weight excluding hydrogens is 392 g/mol. The topological polar surface area (TPSA) is 66.5 Å². The summed E-state index contributed by atoms with van der Waals surface area (Å²) in [6.07, 6.45) is 1.79. The molecule has 1 heterocycles. The van der Waals surface area contributed by atoms with Gasteiger partial charge in [-0.3, -0.25) is 4.79 Å². The van der Waals surface area contributed by atoms with Crippen molar-refractivity contribution in [2.45, 2.75) is 37.3 Å². The van der Waals surface area contributed by atoms with Crippen LogP contribution in [-0.2, 0) is 20.6 Å². The van der Waals surface area contributed by atoms with Crippen LogP contribution in [0.3, 0.4) is 0 Å². The van der Waals surface area contributed by atoms with Crippen molar-refractivity contribution < 1.29 is 13.2 Å². The minimum Gasteiger partial charge on any atom is -0.325 e. The smallest absolute Gasteiger partial charge is 0.243 e. The number of anilines is 1. The fraction of sp³-hybridized carbons (Fsp3) is 0.381. The number of amides is 1. The van der Waals surface area contributed by atoms with Gasteiger partial charge < -0.3 is 5.32 Å². The van der Waals surface area contributed by atoms with E-state index in [1.54, 1.807) is 36.0 Å². The fourth-order valence-corrected chi connectivity index (χ4v) is 5.67. The van der Waals surface area contributed by atoms with Crippen molar-refractivity contribution in [3.63, 3.8) is 0 Å². The van der Waals surface area contributed by atoms with Crippen molar-refractivity contribution in [3.05, 3.63) is 59.2 Å². The monoisotopic (exact) mass is 418 g/mol. The van der Waals surface area contributed by atoms with Crippen LogP contribution in [0, 0.1) is 13.8 Å². The highest BCUT2D eigenvalue weighted by Crippen LogP contribution is 2.23. The number of carbonyl (C=O) groups is 1. The molecule has 0 unspecified atom stereocenters. The molecule has 0 radical (unpaired) electrons. The highest BCUT2D eigenvalue weighted by atomic mass is 32.2. The number of nitrogens with one attached hydrogen (secondary N) is 1. The second-order valence-electron chi connectivity index (χ2n) is 7.11. The molecule has 1 amide bonds. The van der Waals surface area contributed by atoms with E-state index < -0.39 is 10.0 Å². The third-order valence-electron chi connectivity index (χ3n) is 4.82. The van der Waals surface area contributed by atoms with Crippen molar-refractivity contribution in [3.8, 4) is 0 Å². The third kappa shape index (κ3) is 5.16. The molecule has 7 heteroatoms. The van der Waals surface area contributed by atoms with Gasteiger partial charge in [-0.2, -0.15) is 4.31 Å². The molecule has 0 saturated carbocycles. The Labute approximate surface area is 171 Å². The molecule has 2 aromatic carbocycles. The van der Waals surface area contributed by atoms with Gasteiger partial charge in [-0.25, -0.2) is 8.42 Å². The number of carbonyl (C=O) groups excluding carboxylic acids is 1. The van der Waals surface area contributed by atoms with E-state index in [0.29, 0.717) is 24.5 Å². The SMILES string of the molecule is Cc1ccc(C)c(CSCC(=O)Nc2cccc(S(=O)(=O)N3CCCC3)c2)c1. The molecule has 5 nitrogen and oxygen atoms in total. The van der Waals surface area contributed by atoms with Gasteiger partial charge in [0.15, 0.2) is 0 Å². The average Bonchev–Trinajstić information content (AvgIpc) is 3.20. The molecule has 1 fully saturated rings. The maximum Gasteiger partial charge on any atom is 0.243 e. The summed E-state index contributed by atoms with van der Waals surface area (Å²) in [6, 6.07) is 12.8. The molecule has 28 heavy (non-hydrogen) atoms. The summed E-state index contributed by atoms with van der Waals surface area (Å²) in [4.78, 5) is 12.5. The van der Waals surface area contributed by atoms with Crippen molar-refractivity contribution in [2.24, 2.45) is 0 Å². The zero-order valence-electron chi connectivity index (χ0n) is 16.3. The van der Waals surface area contributed by atoms with E-state index in [1.165, 1.54) is 21.0 Å². The molecule has 1 saturated heterocycles. The van der Waals surface area contributed by atoms with Crippen LogP contribution in [0.1, 0.15) is 29.5 Å². The van der Waals surface area contributed by atoms with Gasteiger partial charge in [0.25, 0.3) is 0 Å². The predicted octanol–water partition coefficient (Wildman–Crippen LogP) is 3.96. The largest absolute Gasteiger partial charge is 0.325 e. The summed E-state index contributed by atoms with van der Waals surface area (Å²) in [7, 11) is -3.48. The highest BCUT2D eigenvalue weighted by Gasteiger charge is 2.27. The molecule has 2 aromatic rings. The second-order valence-corrected chi connectivity index (χ2v) is 10.0. The molecule has 3 rings (SSSR count). The first-order valence-corrected chi connectivity index (χ1v) is 12.0. The minimum atomic E-state index is -3.48. The van der Waals surface area contributed by atoms with Gasteiger partial charge in [0, 0.05) is 24.5 Å². The Bertz CT molecular complexity index is 952. The maximum absolute atomic E-state index is 12.7. The number of rotatable bonds is 7. The number of sulfonamides is 1. The summed E-state index contributed by atoms with van der Waals surface area (Å²) >= 11 is 1.55. The van der Waals surface area contributed by atoms with Gasteiger partial charge in [-0.15, -0.1) is 11.8 Å². The normalized spacial score (nSPS) is 14.9. The summed E-state index contributed by atoms with van der Waals surface area (Å²) in [5.41, 5.74) is 4.18. The first kappa shape index (κ1) is 20.9. The van der Waals surface area contributed by atoms with Gasteiger partial charge in [0.05, 0.1) is 10.6 Å². The zero-order chi connectivity index (χ0) is 20.1. The number of nitrogens with zero attached hydrogens (tertiary/aromatic N) is 1. The number of hydrogen-bond donors (Lipinski definition) is 1. The van der Waals surface area contributed by atoms with Gasteiger partial charge in [0.1, 0.15) is 0 Å². The Kier molecular flexibility index (Phi) is 6.80. The highest BCUT2D eigenvalue weighted by molar-refractivity contribution is 7.99. The lowest BCUT2D eigenvalue weighted by molar-refractivity contribution is -0.113. The summed E-state index contributed by atoms with van der Waals surface area (Å²) < 4.78 is 26.8. The standard InChI is InChI=1S/C21H26N2O3S2/c1-16-8-9-17(2)18(12-16)14-27-15-21(24)22-19-6-5-7-20(13-19)28(25,26)23-10-3-4-11-23/h5-9,12-13H,3-4,10-11,14-15H2,1-2H3,(H,22,24). The average molecular weight is 419 g/mol. The van der Waals surface area contributed by atoms with Crippen LogP contribution >= 0.6 is 11.8 Å². The van der Waals surface area contributed by atoms with Crippen LogP contribution in [-0.4, -0.2) is 37.5 Å². The van der Waals surface area contributed by atoms with E-state index in [0.717, 1.165) is 18.6 Å². The number of thioether (sulfide) groups is 1. The van der Waals surface area contributed by atoms with Crippen molar-refractivity contribution in [2.75, 3.05) is 24.2 Å². The Balaban J connectivity index is 1.58. The number of benzene rings is 2. The van der Waals surface area contributed by atoms with Crippen LogP contribution in [0.2, 0.25) is 0 Å². The zero-order valence-corrected chi connectivity index (χ0v) is 17.9. The second kappa shape index (κ2) is 9.11. The van der Waals surface area contributed by atoms with Crippen molar-refractivity contribution in [1.82, 2.24) is 4.31 Å². The molecule has 1 aliphatic rings. The molecular formula is C21H26N2O3S2. The Morgan fingerprint density at radius 1 is 1.11 bits per heavy atom. The van der Waals surface area contributed by atoms with E-state index in [1.807, 2.05) is 0 Å². The fourth-order valence-electron chi connectivity index (χ4n) is 3.22. The summed E-state index contributed by atoms with van der Waals surface area (Å²) in [5, 5.41) is 2.81. The van der Waals surface area contributed by atoms with E-state index in [4.69, 9.17) is 0 Å². The van der Waals surface area contributed by atoms with Crippen molar-refractivity contribution >= 4 is 33.4 Å². The van der Waals surface area contributed by atoms with Gasteiger partial charge in [-0.1, -0.05) is 29.8 Å². The molecule has 0 aromatic heterocycles. The quantitative estimate of drug-likeness (QED) is 0.739. The van der Waals surface area contributed by atoms with E-state index in [-0.39, 0.29) is 10.8 Å². The van der Waals surface area contributed by atoms with Crippen LogP contribution in [0.25, 0.3) is 0 Å². The van der Waals surface area contributed by atoms with E-state index >= 15 is 0 Å². The van der Waals surface area contributed by atoms with Crippen molar-refractivity contribution in [1.29, 1.82) is 0 Å². The first-order valence-electron chi connectivity index (χ1n) is 9.40. The van der Waals surface area contributed by atoms with E-state index in [2.05, 4.69) is 37.4 Å². The Morgan fingerprint density at radius 3 is 2.61 bits per heavy atom. The lowest BCUT2D eigenvalue weighted by atomic mass is 10.1. The number of hydrogen-bond acceptors (Lipinski definition) is 4.